The van der Waals surface area contributed by atoms with Crippen LogP contribution in [-0.4, -0.2) is 5.78 Å². The molecule has 0 fully saturated rings. The fourth-order valence-electron chi connectivity index (χ4n) is 1.78. The summed E-state index contributed by atoms with van der Waals surface area (Å²) in [4.78, 5) is 11.8. The molecule has 0 unspecified atom stereocenters. The standard InChI is InChI=1S/C14H16ClF3O/c1-13(2,3)8-10(19)6-9-4-5-12(15)11(7-9)14(16,17)18/h4-5,7H,6,8H2,1-3H3. The summed E-state index contributed by atoms with van der Waals surface area (Å²) in [6.07, 6.45) is -4.17. The Morgan fingerprint density at radius 2 is 1.79 bits per heavy atom. The van der Waals surface area contributed by atoms with Gasteiger partial charge in [0.15, 0.2) is 0 Å². The summed E-state index contributed by atoms with van der Waals surface area (Å²) in [5.41, 5.74) is -0.725. The molecule has 1 nitrogen and oxygen atoms in total. The van der Waals surface area contributed by atoms with Crippen molar-refractivity contribution in [3.8, 4) is 0 Å². The number of carbonyl (C=O) groups is 1. The van der Waals surface area contributed by atoms with Gasteiger partial charge in [-0.25, -0.2) is 0 Å². The lowest BCUT2D eigenvalue weighted by Gasteiger charge is -2.17. The average molecular weight is 293 g/mol. The Morgan fingerprint density at radius 1 is 1.21 bits per heavy atom. The van der Waals surface area contributed by atoms with Gasteiger partial charge in [-0.05, 0) is 23.1 Å². The van der Waals surface area contributed by atoms with Crippen LogP contribution in [0, 0.1) is 5.41 Å². The van der Waals surface area contributed by atoms with Gasteiger partial charge in [-0.2, -0.15) is 13.2 Å². The van der Waals surface area contributed by atoms with E-state index in [2.05, 4.69) is 0 Å². The molecule has 1 rings (SSSR count). The number of hydrogen-bond donors (Lipinski definition) is 0. The molecule has 0 aromatic heterocycles. The second-order valence-electron chi connectivity index (χ2n) is 5.76. The van der Waals surface area contributed by atoms with E-state index in [1.165, 1.54) is 12.1 Å². The highest BCUT2D eigenvalue weighted by atomic mass is 35.5. The average Bonchev–Trinajstić information content (AvgIpc) is 2.16. The van der Waals surface area contributed by atoms with Gasteiger partial charge in [-0.3, -0.25) is 4.79 Å². The van der Waals surface area contributed by atoms with E-state index in [-0.39, 0.29) is 22.6 Å². The maximum Gasteiger partial charge on any atom is 0.417 e. The summed E-state index contributed by atoms with van der Waals surface area (Å²) >= 11 is 5.52. The smallest absolute Gasteiger partial charge is 0.299 e. The van der Waals surface area contributed by atoms with Crippen LogP contribution in [0.15, 0.2) is 18.2 Å². The van der Waals surface area contributed by atoms with Crippen molar-refractivity contribution in [1.29, 1.82) is 0 Å². The van der Waals surface area contributed by atoms with Crippen LogP contribution in [0.5, 0.6) is 0 Å². The van der Waals surface area contributed by atoms with E-state index in [9.17, 15) is 18.0 Å². The fourth-order valence-corrected chi connectivity index (χ4v) is 2.01. The van der Waals surface area contributed by atoms with E-state index < -0.39 is 11.7 Å². The molecule has 0 atom stereocenters. The molecule has 0 aliphatic carbocycles. The first-order chi connectivity index (χ1) is 8.49. The van der Waals surface area contributed by atoms with E-state index in [1.807, 2.05) is 20.8 Å². The van der Waals surface area contributed by atoms with Crippen molar-refractivity contribution in [3.05, 3.63) is 34.3 Å². The van der Waals surface area contributed by atoms with Crippen LogP contribution in [0.3, 0.4) is 0 Å². The monoisotopic (exact) mass is 292 g/mol. The maximum absolute atomic E-state index is 12.7. The molecule has 0 saturated carbocycles. The van der Waals surface area contributed by atoms with Crippen molar-refractivity contribution in [1.82, 2.24) is 0 Å². The molecule has 0 amide bonds. The summed E-state index contributed by atoms with van der Waals surface area (Å²) in [6.45, 7) is 5.73. The van der Waals surface area contributed by atoms with Crippen LogP contribution in [0.25, 0.3) is 0 Å². The van der Waals surface area contributed by atoms with Crippen molar-refractivity contribution in [2.45, 2.75) is 39.8 Å². The minimum Gasteiger partial charge on any atom is -0.299 e. The highest BCUT2D eigenvalue weighted by Gasteiger charge is 2.33. The number of ketones is 1. The van der Waals surface area contributed by atoms with Crippen molar-refractivity contribution < 1.29 is 18.0 Å². The van der Waals surface area contributed by atoms with Gasteiger partial charge in [0.05, 0.1) is 10.6 Å². The zero-order chi connectivity index (χ0) is 14.8. The molecular weight excluding hydrogens is 277 g/mol. The summed E-state index contributed by atoms with van der Waals surface area (Å²) < 4.78 is 38.0. The molecule has 0 N–H and O–H groups in total. The predicted molar refractivity (Wildman–Crippen MR) is 69.2 cm³/mol. The first-order valence-corrected chi connectivity index (χ1v) is 6.24. The molecule has 1 aromatic rings. The van der Waals surface area contributed by atoms with Gasteiger partial charge in [0.1, 0.15) is 5.78 Å². The van der Waals surface area contributed by atoms with Gasteiger partial charge in [-0.15, -0.1) is 0 Å². The molecule has 0 saturated heterocycles. The van der Waals surface area contributed by atoms with E-state index in [0.29, 0.717) is 12.0 Å². The Morgan fingerprint density at radius 3 is 2.26 bits per heavy atom. The van der Waals surface area contributed by atoms with E-state index in [0.717, 1.165) is 6.07 Å². The Balaban J connectivity index is 2.89. The molecule has 19 heavy (non-hydrogen) atoms. The zero-order valence-corrected chi connectivity index (χ0v) is 11.8. The van der Waals surface area contributed by atoms with Gasteiger partial charge in [0.25, 0.3) is 0 Å². The first-order valence-electron chi connectivity index (χ1n) is 5.86. The summed E-state index contributed by atoms with van der Waals surface area (Å²) in [6, 6.07) is 3.59. The third-order valence-electron chi connectivity index (χ3n) is 2.46. The molecule has 0 radical (unpaired) electrons. The van der Waals surface area contributed by atoms with Crippen molar-refractivity contribution in [2.75, 3.05) is 0 Å². The highest BCUT2D eigenvalue weighted by Crippen LogP contribution is 2.35. The van der Waals surface area contributed by atoms with Gasteiger partial charge in [-0.1, -0.05) is 38.4 Å². The normalized spacial score (nSPS) is 12.6. The summed E-state index contributed by atoms with van der Waals surface area (Å²) in [7, 11) is 0. The van der Waals surface area contributed by atoms with Crippen LogP contribution in [-0.2, 0) is 17.4 Å². The quantitative estimate of drug-likeness (QED) is 0.774. The van der Waals surface area contributed by atoms with Crippen LogP contribution in [0.4, 0.5) is 13.2 Å². The number of Topliss-reactive ketones (excluding diaryl/α,β-unsaturated/α-hetero) is 1. The van der Waals surface area contributed by atoms with Crippen LogP contribution in [0.1, 0.15) is 38.3 Å². The van der Waals surface area contributed by atoms with Crippen molar-refractivity contribution in [2.24, 2.45) is 5.41 Å². The fraction of sp³-hybridized carbons (Fsp3) is 0.500. The maximum atomic E-state index is 12.7. The third kappa shape index (κ3) is 5.23. The van der Waals surface area contributed by atoms with E-state index in [1.54, 1.807) is 0 Å². The molecule has 106 valence electrons. The Bertz CT molecular complexity index is 473. The van der Waals surface area contributed by atoms with Gasteiger partial charge >= 0.3 is 6.18 Å². The zero-order valence-electron chi connectivity index (χ0n) is 11.1. The molecule has 0 bridgehead atoms. The topological polar surface area (TPSA) is 17.1 Å². The summed E-state index contributed by atoms with van der Waals surface area (Å²) in [5, 5.41) is -0.348. The minimum atomic E-state index is -4.50. The van der Waals surface area contributed by atoms with Crippen LogP contribution in [0.2, 0.25) is 5.02 Å². The SMILES string of the molecule is CC(C)(C)CC(=O)Cc1ccc(Cl)c(C(F)(F)F)c1. The molecule has 5 heteroatoms. The number of benzene rings is 1. The predicted octanol–water partition coefficient (Wildman–Crippen LogP) is 4.91. The molecular formula is C14H16ClF3O. The Labute approximate surface area is 115 Å². The van der Waals surface area contributed by atoms with Gasteiger partial charge in [0.2, 0.25) is 0 Å². The van der Waals surface area contributed by atoms with Crippen LogP contribution < -0.4 is 0 Å². The van der Waals surface area contributed by atoms with Crippen molar-refractivity contribution >= 4 is 17.4 Å². The second kappa shape index (κ2) is 5.53. The lowest BCUT2D eigenvalue weighted by atomic mass is 9.88. The summed E-state index contributed by atoms with van der Waals surface area (Å²) in [5.74, 6) is -0.0806. The minimum absolute atomic E-state index is 0.00246. The second-order valence-corrected chi connectivity index (χ2v) is 6.17. The molecule has 0 aliphatic rings. The number of hydrogen-bond acceptors (Lipinski definition) is 1. The number of halogens is 4. The van der Waals surface area contributed by atoms with Crippen molar-refractivity contribution in [3.63, 3.8) is 0 Å². The van der Waals surface area contributed by atoms with E-state index >= 15 is 0 Å². The largest absolute Gasteiger partial charge is 0.417 e. The Hall–Kier alpha value is -1.03. The first kappa shape index (κ1) is 16.0. The number of carbonyl (C=O) groups excluding carboxylic acids is 1. The highest BCUT2D eigenvalue weighted by molar-refractivity contribution is 6.31. The number of alkyl halides is 3. The molecule has 0 heterocycles. The van der Waals surface area contributed by atoms with Gasteiger partial charge < -0.3 is 0 Å². The molecule has 0 aliphatic heterocycles. The lowest BCUT2D eigenvalue weighted by molar-refractivity contribution is -0.137. The molecule has 1 aromatic carbocycles. The Kier molecular flexibility index (Phi) is 4.67. The lowest BCUT2D eigenvalue weighted by Crippen LogP contribution is -2.15. The number of rotatable bonds is 3. The van der Waals surface area contributed by atoms with Crippen LogP contribution >= 0.6 is 11.6 Å². The van der Waals surface area contributed by atoms with Gasteiger partial charge in [0, 0.05) is 12.8 Å². The molecule has 0 spiro atoms. The van der Waals surface area contributed by atoms with E-state index in [4.69, 9.17) is 11.6 Å². The third-order valence-corrected chi connectivity index (χ3v) is 2.79.